The SMILES string of the molecule is COc1ccc(/C(=C/N(/C=C(/c2ccc(OC)cc2)c2ccc(OC)cc2C)c2cccc(C(C)(C)C)c2)c2ccc(OC)cc2C)cc1. The Morgan fingerprint density at radius 1 is 0.510 bits per heavy atom. The second-order valence-corrected chi connectivity index (χ2v) is 13.1. The summed E-state index contributed by atoms with van der Waals surface area (Å²) in [4.78, 5) is 2.25. The minimum atomic E-state index is -0.0358. The first-order valence-corrected chi connectivity index (χ1v) is 16.5. The molecule has 0 aromatic heterocycles. The molecule has 0 aliphatic heterocycles. The van der Waals surface area contributed by atoms with Gasteiger partial charge in [-0.3, -0.25) is 0 Å². The van der Waals surface area contributed by atoms with Crippen LogP contribution in [0, 0.1) is 13.8 Å². The number of rotatable bonds is 11. The third-order valence-corrected chi connectivity index (χ3v) is 8.80. The zero-order valence-electron chi connectivity index (χ0n) is 30.1. The van der Waals surface area contributed by atoms with Gasteiger partial charge in [-0.2, -0.15) is 0 Å². The molecule has 0 amide bonds. The summed E-state index contributed by atoms with van der Waals surface area (Å²) in [5.74, 6) is 3.25. The largest absolute Gasteiger partial charge is 0.497 e. The lowest BCUT2D eigenvalue weighted by molar-refractivity contribution is 0.414. The number of anilines is 1. The smallest absolute Gasteiger partial charge is 0.119 e. The topological polar surface area (TPSA) is 40.2 Å². The fourth-order valence-corrected chi connectivity index (χ4v) is 5.87. The number of hydrogen-bond donors (Lipinski definition) is 0. The van der Waals surface area contributed by atoms with Crippen LogP contribution in [0.25, 0.3) is 11.1 Å². The van der Waals surface area contributed by atoms with E-state index in [1.807, 2.05) is 36.4 Å². The Bertz CT molecular complexity index is 1830. The Balaban J connectivity index is 1.84. The number of ether oxygens (including phenoxy) is 4. The number of benzene rings is 5. The predicted molar refractivity (Wildman–Crippen MR) is 203 cm³/mol. The van der Waals surface area contributed by atoms with Gasteiger partial charge in [-0.25, -0.2) is 0 Å². The Morgan fingerprint density at radius 2 is 0.918 bits per heavy atom. The van der Waals surface area contributed by atoms with Gasteiger partial charge in [0, 0.05) is 29.2 Å². The van der Waals surface area contributed by atoms with E-state index < -0.39 is 0 Å². The molecule has 0 fully saturated rings. The first-order chi connectivity index (χ1) is 23.5. The molecule has 5 nitrogen and oxygen atoms in total. The van der Waals surface area contributed by atoms with E-state index >= 15 is 0 Å². The maximum atomic E-state index is 5.58. The number of aryl methyl sites for hydroxylation is 2. The van der Waals surface area contributed by atoms with E-state index in [1.54, 1.807) is 28.4 Å². The van der Waals surface area contributed by atoms with Crippen molar-refractivity contribution in [2.75, 3.05) is 33.3 Å². The lowest BCUT2D eigenvalue weighted by Crippen LogP contribution is -2.15. The van der Waals surface area contributed by atoms with Gasteiger partial charge in [0.1, 0.15) is 23.0 Å². The van der Waals surface area contributed by atoms with Gasteiger partial charge in [0.15, 0.2) is 0 Å². The summed E-state index contributed by atoms with van der Waals surface area (Å²) in [6.45, 7) is 11.0. The Labute approximate surface area is 292 Å². The summed E-state index contributed by atoms with van der Waals surface area (Å²) >= 11 is 0. The molecule has 0 unspecified atom stereocenters. The maximum absolute atomic E-state index is 5.58. The molecule has 0 saturated heterocycles. The molecule has 5 rings (SSSR count). The zero-order chi connectivity index (χ0) is 35.1. The normalized spacial score (nSPS) is 12.0. The Morgan fingerprint density at radius 3 is 1.29 bits per heavy atom. The molecule has 0 N–H and O–H groups in total. The molecule has 0 aliphatic rings. The number of nitrogens with zero attached hydrogens (tertiary/aromatic N) is 1. The molecule has 5 heteroatoms. The second kappa shape index (κ2) is 15.2. The van der Waals surface area contributed by atoms with Gasteiger partial charge in [-0.15, -0.1) is 0 Å². The maximum Gasteiger partial charge on any atom is 0.119 e. The van der Waals surface area contributed by atoms with Gasteiger partial charge >= 0.3 is 0 Å². The van der Waals surface area contributed by atoms with Crippen molar-refractivity contribution in [3.05, 3.63) is 161 Å². The summed E-state index contributed by atoms with van der Waals surface area (Å²) in [7, 11) is 6.78. The van der Waals surface area contributed by atoms with Crippen LogP contribution in [0.4, 0.5) is 5.69 Å². The predicted octanol–water partition coefficient (Wildman–Crippen LogP) is 10.6. The van der Waals surface area contributed by atoms with Crippen LogP contribution in [-0.2, 0) is 5.41 Å². The highest BCUT2D eigenvalue weighted by molar-refractivity contribution is 5.87. The molecule has 0 heterocycles. The first kappa shape index (κ1) is 34.9. The van der Waals surface area contributed by atoms with Gasteiger partial charge in [0.2, 0.25) is 0 Å². The summed E-state index contributed by atoms with van der Waals surface area (Å²) in [5, 5.41) is 0. The van der Waals surface area contributed by atoms with E-state index in [2.05, 4.69) is 125 Å². The monoisotopic (exact) mass is 653 g/mol. The van der Waals surface area contributed by atoms with Gasteiger partial charge in [-0.05, 0) is 119 Å². The Kier molecular flexibility index (Phi) is 10.8. The lowest BCUT2D eigenvalue weighted by atomic mass is 9.87. The van der Waals surface area contributed by atoms with Gasteiger partial charge in [0.25, 0.3) is 0 Å². The van der Waals surface area contributed by atoms with Crippen molar-refractivity contribution in [1.29, 1.82) is 0 Å². The van der Waals surface area contributed by atoms with Crippen molar-refractivity contribution in [3.8, 4) is 23.0 Å². The molecule has 0 bridgehead atoms. The van der Waals surface area contributed by atoms with Crippen LogP contribution in [0.1, 0.15) is 59.7 Å². The number of methoxy groups -OCH3 is 4. The first-order valence-electron chi connectivity index (χ1n) is 16.5. The fraction of sp³-hybridized carbons (Fsp3) is 0.227. The fourth-order valence-electron chi connectivity index (χ4n) is 5.87. The average Bonchev–Trinajstić information content (AvgIpc) is 3.12. The molecule has 5 aromatic carbocycles. The van der Waals surface area contributed by atoms with Gasteiger partial charge in [0.05, 0.1) is 28.4 Å². The van der Waals surface area contributed by atoms with Crippen molar-refractivity contribution < 1.29 is 18.9 Å². The standard InChI is InChI=1S/C44H47NO4/c1-30-25-38(48-8)21-23-40(30)42(32-13-17-36(46-6)18-14-32)28-45(35-12-10-11-34(27-35)44(3,4)5)29-43(33-15-19-37(47-7)20-16-33)41-24-22-39(49-9)26-31(41)2/h10-29H,1-9H3/b42-28-,43-29-. The molecule has 0 saturated carbocycles. The zero-order valence-corrected chi connectivity index (χ0v) is 30.1. The van der Waals surface area contributed by atoms with Crippen LogP contribution in [0.15, 0.2) is 122 Å². The summed E-state index contributed by atoms with van der Waals surface area (Å²) in [6.07, 6.45) is 4.47. The van der Waals surface area contributed by atoms with Crippen LogP contribution in [-0.4, -0.2) is 28.4 Å². The molecular weight excluding hydrogens is 606 g/mol. The van der Waals surface area contributed by atoms with Crippen LogP contribution in [0.2, 0.25) is 0 Å². The molecular formula is C44H47NO4. The summed E-state index contributed by atoms with van der Waals surface area (Å²) < 4.78 is 22.2. The van der Waals surface area contributed by atoms with Crippen molar-refractivity contribution in [2.24, 2.45) is 0 Å². The minimum absolute atomic E-state index is 0.0358. The molecule has 0 aliphatic carbocycles. The average molecular weight is 654 g/mol. The van der Waals surface area contributed by atoms with Crippen LogP contribution < -0.4 is 23.8 Å². The van der Waals surface area contributed by atoms with Crippen LogP contribution in [0.5, 0.6) is 23.0 Å². The highest BCUT2D eigenvalue weighted by atomic mass is 16.5. The molecule has 252 valence electrons. The van der Waals surface area contributed by atoms with E-state index in [0.717, 1.165) is 73.2 Å². The summed E-state index contributed by atoms with van der Waals surface area (Å²) in [6, 6.07) is 37.7. The van der Waals surface area contributed by atoms with E-state index in [4.69, 9.17) is 18.9 Å². The van der Waals surface area contributed by atoms with Crippen molar-refractivity contribution >= 4 is 16.8 Å². The molecule has 0 atom stereocenters. The minimum Gasteiger partial charge on any atom is -0.497 e. The van der Waals surface area contributed by atoms with E-state index in [-0.39, 0.29) is 5.41 Å². The van der Waals surface area contributed by atoms with Crippen LogP contribution >= 0.6 is 0 Å². The lowest BCUT2D eigenvalue weighted by Gasteiger charge is -2.26. The third kappa shape index (κ3) is 8.18. The Hall–Kier alpha value is -5.42. The molecule has 5 aromatic rings. The van der Waals surface area contributed by atoms with E-state index in [9.17, 15) is 0 Å². The molecule has 0 spiro atoms. The third-order valence-electron chi connectivity index (χ3n) is 8.80. The van der Waals surface area contributed by atoms with Crippen LogP contribution in [0.3, 0.4) is 0 Å². The van der Waals surface area contributed by atoms with Crippen molar-refractivity contribution in [1.82, 2.24) is 0 Å². The van der Waals surface area contributed by atoms with Crippen molar-refractivity contribution in [2.45, 2.75) is 40.0 Å². The van der Waals surface area contributed by atoms with Crippen molar-refractivity contribution in [3.63, 3.8) is 0 Å². The van der Waals surface area contributed by atoms with Gasteiger partial charge < -0.3 is 23.8 Å². The van der Waals surface area contributed by atoms with E-state index in [1.165, 1.54) is 5.56 Å². The van der Waals surface area contributed by atoms with E-state index in [0.29, 0.717) is 0 Å². The highest BCUT2D eigenvalue weighted by Gasteiger charge is 2.19. The quantitative estimate of drug-likeness (QED) is 0.142. The summed E-state index contributed by atoms with van der Waals surface area (Å²) in [5.41, 5.74) is 10.9. The van der Waals surface area contributed by atoms with Gasteiger partial charge in [-0.1, -0.05) is 69.3 Å². The molecule has 0 radical (unpaired) electrons. The highest BCUT2D eigenvalue weighted by Crippen LogP contribution is 2.36. The second-order valence-electron chi connectivity index (χ2n) is 13.1. The molecule has 49 heavy (non-hydrogen) atoms. The number of hydrogen-bond acceptors (Lipinski definition) is 5.